The van der Waals surface area contributed by atoms with Crippen molar-refractivity contribution in [3.8, 4) is 5.75 Å². The number of nitrogens with zero attached hydrogens (tertiary/aromatic N) is 2. The number of rotatable bonds is 2. The fourth-order valence-corrected chi connectivity index (χ4v) is 3.60. The monoisotopic (exact) mass is 280 g/mol. The van der Waals surface area contributed by atoms with E-state index in [9.17, 15) is 0 Å². The molecule has 3 nitrogen and oxygen atoms in total. The number of fused-ring (bicyclic) bond motifs is 3. The minimum atomic E-state index is 0.494. The number of anilines is 2. The first-order chi connectivity index (χ1) is 10.4. The second-order valence-corrected chi connectivity index (χ2v) is 5.77. The minimum Gasteiger partial charge on any atom is -0.497 e. The third-order valence-corrected chi connectivity index (χ3v) is 4.63. The quantitative estimate of drug-likeness (QED) is 0.835. The maximum atomic E-state index is 5.27. The van der Waals surface area contributed by atoms with Crippen LogP contribution in [0.1, 0.15) is 18.4 Å². The van der Waals surface area contributed by atoms with E-state index in [1.54, 1.807) is 7.11 Å². The lowest BCUT2D eigenvalue weighted by Crippen LogP contribution is -2.48. The molecular formula is C18H20N2O. The number of benzene rings is 2. The van der Waals surface area contributed by atoms with Crippen molar-refractivity contribution in [3.05, 3.63) is 54.1 Å². The van der Waals surface area contributed by atoms with E-state index in [1.165, 1.54) is 29.8 Å². The molecule has 0 bridgehead atoms. The summed E-state index contributed by atoms with van der Waals surface area (Å²) in [6, 6.07) is 17.2. The molecule has 2 aliphatic rings. The number of ether oxygens (including phenoxy) is 1. The summed E-state index contributed by atoms with van der Waals surface area (Å²) in [7, 11) is 1.71. The average molecular weight is 280 g/mol. The summed E-state index contributed by atoms with van der Waals surface area (Å²) in [6.07, 6.45) is 3.00. The molecule has 2 aliphatic heterocycles. The Morgan fingerprint density at radius 3 is 2.62 bits per heavy atom. The molecule has 0 amide bonds. The van der Waals surface area contributed by atoms with Gasteiger partial charge in [0.2, 0.25) is 0 Å². The molecule has 2 aromatic carbocycles. The molecule has 0 aromatic heterocycles. The summed E-state index contributed by atoms with van der Waals surface area (Å²) < 4.78 is 5.27. The highest BCUT2D eigenvalue weighted by Gasteiger charge is 2.35. The molecule has 4 rings (SSSR count). The Balaban J connectivity index is 1.72. The third-order valence-electron chi connectivity index (χ3n) is 4.63. The van der Waals surface area contributed by atoms with Crippen LogP contribution >= 0.6 is 0 Å². The maximum absolute atomic E-state index is 5.27. The molecule has 2 heterocycles. The lowest BCUT2D eigenvalue weighted by Gasteiger charge is -2.43. The first kappa shape index (κ1) is 12.6. The molecule has 0 saturated carbocycles. The lowest BCUT2D eigenvalue weighted by atomic mass is 10.1. The van der Waals surface area contributed by atoms with Gasteiger partial charge in [0.15, 0.2) is 0 Å². The van der Waals surface area contributed by atoms with Crippen LogP contribution in [0, 0.1) is 0 Å². The molecule has 3 heteroatoms. The molecule has 0 radical (unpaired) electrons. The molecule has 21 heavy (non-hydrogen) atoms. The van der Waals surface area contributed by atoms with Gasteiger partial charge in [0.1, 0.15) is 11.9 Å². The molecule has 2 aromatic rings. The van der Waals surface area contributed by atoms with Crippen LogP contribution in [0.25, 0.3) is 0 Å². The molecule has 108 valence electrons. The van der Waals surface area contributed by atoms with Gasteiger partial charge >= 0.3 is 0 Å². The van der Waals surface area contributed by atoms with E-state index < -0.39 is 0 Å². The zero-order valence-electron chi connectivity index (χ0n) is 12.3. The lowest BCUT2D eigenvalue weighted by molar-refractivity contribution is 0.414. The van der Waals surface area contributed by atoms with Crippen LogP contribution in [-0.4, -0.2) is 19.8 Å². The predicted octanol–water partition coefficient (Wildman–Crippen LogP) is 3.64. The van der Waals surface area contributed by atoms with Gasteiger partial charge in [0.05, 0.1) is 7.11 Å². The van der Waals surface area contributed by atoms with Crippen molar-refractivity contribution in [1.29, 1.82) is 0 Å². The number of hydrogen-bond donors (Lipinski definition) is 0. The van der Waals surface area contributed by atoms with Gasteiger partial charge in [0.25, 0.3) is 0 Å². The van der Waals surface area contributed by atoms with Gasteiger partial charge in [-0.25, -0.2) is 0 Å². The topological polar surface area (TPSA) is 15.7 Å². The van der Waals surface area contributed by atoms with E-state index in [2.05, 4.69) is 58.3 Å². The van der Waals surface area contributed by atoms with Gasteiger partial charge in [0, 0.05) is 24.5 Å². The first-order valence-corrected chi connectivity index (χ1v) is 7.62. The van der Waals surface area contributed by atoms with Crippen LogP contribution in [0.15, 0.2) is 48.5 Å². The fourth-order valence-electron chi connectivity index (χ4n) is 3.60. The molecule has 1 fully saturated rings. The smallest absolute Gasteiger partial charge is 0.119 e. The SMILES string of the molecule is COc1ccc(N2Cc3ccccc3N3CCCC23)cc1. The van der Waals surface area contributed by atoms with Crippen LogP contribution in [-0.2, 0) is 6.54 Å². The van der Waals surface area contributed by atoms with Gasteiger partial charge in [-0.3, -0.25) is 0 Å². The molecule has 0 spiro atoms. The summed E-state index contributed by atoms with van der Waals surface area (Å²) in [5.74, 6) is 0.916. The largest absolute Gasteiger partial charge is 0.497 e. The fraction of sp³-hybridized carbons (Fsp3) is 0.333. The van der Waals surface area contributed by atoms with Crippen molar-refractivity contribution in [2.75, 3.05) is 23.5 Å². The summed E-state index contributed by atoms with van der Waals surface area (Å²) in [5.41, 5.74) is 4.12. The second kappa shape index (κ2) is 4.99. The summed E-state index contributed by atoms with van der Waals surface area (Å²) in [6.45, 7) is 2.15. The Labute approximate surface area is 125 Å². The normalized spacial score (nSPS) is 20.1. The van der Waals surface area contributed by atoms with E-state index >= 15 is 0 Å². The van der Waals surface area contributed by atoms with E-state index in [0.29, 0.717) is 6.17 Å². The second-order valence-electron chi connectivity index (χ2n) is 5.77. The van der Waals surface area contributed by atoms with Crippen LogP contribution in [0.2, 0.25) is 0 Å². The van der Waals surface area contributed by atoms with Crippen LogP contribution in [0.4, 0.5) is 11.4 Å². The van der Waals surface area contributed by atoms with Gasteiger partial charge in [-0.05, 0) is 48.7 Å². The van der Waals surface area contributed by atoms with Crippen molar-refractivity contribution < 1.29 is 4.74 Å². The van der Waals surface area contributed by atoms with Crippen molar-refractivity contribution in [2.45, 2.75) is 25.6 Å². The first-order valence-electron chi connectivity index (χ1n) is 7.62. The van der Waals surface area contributed by atoms with Crippen LogP contribution in [0.3, 0.4) is 0 Å². The minimum absolute atomic E-state index is 0.494. The highest BCUT2D eigenvalue weighted by molar-refractivity contribution is 5.63. The Morgan fingerprint density at radius 2 is 1.81 bits per heavy atom. The summed E-state index contributed by atoms with van der Waals surface area (Å²) in [5, 5.41) is 0. The number of hydrogen-bond acceptors (Lipinski definition) is 3. The molecule has 1 saturated heterocycles. The van der Waals surface area contributed by atoms with Gasteiger partial charge in [-0.2, -0.15) is 0 Å². The number of methoxy groups -OCH3 is 1. The van der Waals surface area contributed by atoms with E-state index in [4.69, 9.17) is 4.74 Å². The van der Waals surface area contributed by atoms with Gasteiger partial charge in [-0.15, -0.1) is 0 Å². The molecule has 0 N–H and O–H groups in total. The van der Waals surface area contributed by atoms with Crippen molar-refractivity contribution in [2.24, 2.45) is 0 Å². The molecular weight excluding hydrogens is 260 g/mol. The number of para-hydroxylation sites is 1. The summed E-state index contributed by atoms with van der Waals surface area (Å²) in [4.78, 5) is 5.08. The Hall–Kier alpha value is -2.16. The highest BCUT2D eigenvalue weighted by Crippen LogP contribution is 2.38. The van der Waals surface area contributed by atoms with Gasteiger partial charge < -0.3 is 14.5 Å². The van der Waals surface area contributed by atoms with E-state index in [-0.39, 0.29) is 0 Å². The van der Waals surface area contributed by atoms with E-state index in [1.807, 2.05) is 0 Å². The van der Waals surface area contributed by atoms with Crippen molar-refractivity contribution >= 4 is 11.4 Å². The van der Waals surface area contributed by atoms with Crippen molar-refractivity contribution in [3.63, 3.8) is 0 Å². The maximum Gasteiger partial charge on any atom is 0.119 e. The third kappa shape index (κ3) is 2.04. The zero-order chi connectivity index (χ0) is 14.2. The van der Waals surface area contributed by atoms with Crippen LogP contribution in [0.5, 0.6) is 5.75 Å². The summed E-state index contributed by atoms with van der Waals surface area (Å²) >= 11 is 0. The Kier molecular flexibility index (Phi) is 2.99. The molecule has 0 aliphatic carbocycles. The standard InChI is InChI=1S/C18H20N2O/c1-21-16-10-8-15(9-11-16)20-13-14-5-2-3-6-17(14)19-12-4-7-18(19)20/h2-3,5-6,8-11,18H,4,7,12-13H2,1H3. The Morgan fingerprint density at radius 1 is 1.00 bits per heavy atom. The highest BCUT2D eigenvalue weighted by atomic mass is 16.5. The van der Waals surface area contributed by atoms with Gasteiger partial charge in [-0.1, -0.05) is 18.2 Å². The van der Waals surface area contributed by atoms with E-state index in [0.717, 1.165) is 18.8 Å². The predicted molar refractivity (Wildman–Crippen MR) is 86.0 cm³/mol. The van der Waals surface area contributed by atoms with Crippen molar-refractivity contribution in [1.82, 2.24) is 0 Å². The molecule has 1 unspecified atom stereocenters. The molecule has 1 atom stereocenters. The zero-order valence-corrected chi connectivity index (χ0v) is 12.3. The average Bonchev–Trinajstić information content (AvgIpc) is 3.04. The van der Waals surface area contributed by atoms with Crippen LogP contribution < -0.4 is 14.5 Å². The Bertz CT molecular complexity index is 638.